The van der Waals surface area contributed by atoms with E-state index in [0.29, 0.717) is 6.54 Å². The van der Waals surface area contributed by atoms with Gasteiger partial charge in [0.2, 0.25) is 0 Å². The Morgan fingerprint density at radius 1 is 1.44 bits per heavy atom. The van der Waals surface area contributed by atoms with Gasteiger partial charge in [0, 0.05) is 13.2 Å². The van der Waals surface area contributed by atoms with Gasteiger partial charge in [-0.05, 0) is 36.5 Å². The monoisotopic (exact) mass is 221 g/mol. The Hall–Kier alpha value is -1.55. The lowest BCUT2D eigenvalue weighted by Crippen LogP contribution is -2.26. The van der Waals surface area contributed by atoms with Gasteiger partial charge in [-0.3, -0.25) is 4.90 Å². The third-order valence-corrected chi connectivity index (χ3v) is 2.96. The molecule has 0 aliphatic carbocycles. The van der Waals surface area contributed by atoms with E-state index in [-0.39, 0.29) is 6.61 Å². The molecule has 1 aromatic rings. The SMILES string of the molecule is O=C(O)N1CCc2c(CCCO)cccc21. The molecule has 1 aliphatic heterocycles. The van der Waals surface area contributed by atoms with Gasteiger partial charge in [-0.1, -0.05) is 12.1 Å². The van der Waals surface area contributed by atoms with Crippen molar-refractivity contribution in [3.8, 4) is 0 Å². The van der Waals surface area contributed by atoms with Gasteiger partial charge in [-0.15, -0.1) is 0 Å². The zero-order chi connectivity index (χ0) is 11.5. The van der Waals surface area contributed by atoms with E-state index in [9.17, 15) is 4.79 Å². The highest BCUT2D eigenvalue weighted by atomic mass is 16.4. The van der Waals surface area contributed by atoms with E-state index >= 15 is 0 Å². The minimum atomic E-state index is -0.891. The summed E-state index contributed by atoms with van der Waals surface area (Å²) in [5.74, 6) is 0. The van der Waals surface area contributed by atoms with Gasteiger partial charge in [-0.25, -0.2) is 4.79 Å². The lowest BCUT2D eigenvalue weighted by atomic mass is 10.0. The van der Waals surface area contributed by atoms with Crippen molar-refractivity contribution in [1.82, 2.24) is 0 Å². The molecular formula is C12H15NO3. The molecule has 1 heterocycles. The third kappa shape index (κ3) is 1.88. The first kappa shape index (κ1) is 11.0. The van der Waals surface area contributed by atoms with E-state index in [1.165, 1.54) is 4.90 Å². The molecule has 0 aromatic heterocycles. The molecule has 0 saturated heterocycles. The van der Waals surface area contributed by atoms with Crippen molar-refractivity contribution in [2.45, 2.75) is 19.3 Å². The van der Waals surface area contributed by atoms with Crippen LogP contribution >= 0.6 is 0 Å². The molecule has 1 aromatic carbocycles. The molecule has 0 unspecified atom stereocenters. The first-order valence-electron chi connectivity index (χ1n) is 5.46. The number of fused-ring (bicyclic) bond motifs is 1. The average Bonchev–Trinajstić information content (AvgIpc) is 2.70. The topological polar surface area (TPSA) is 60.8 Å². The molecule has 16 heavy (non-hydrogen) atoms. The van der Waals surface area contributed by atoms with Crippen molar-refractivity contribution in [1.29, 1.82) is 0 Å². The second-order valence-corrected chi connectivity index (χ2v) is 3.93. The molecule has 0 atom stereocenters. The Bertz CT molecular complexity index is 403. The Balaban J connectivity index is 2.28. The van der Waals surface area contributed by atoms with E-state index in [0.717, 1.165) is 36.1 Å². The van der Waals surface area contributed by atoms with Crippen LogP contribution in [0.25, 0.3) is 0 Å². The van der Waals surface area contributed by atoms with Crippen molar-refractivity contribution in [3.63, 3.8) is 0 Å². The normalized spacial score (nSPS) is 13.9. The number of nitrogens with zero attached hydrogens (tertiary/aromatic N) is 1. The Morgan fingerprint density at radius 2 is 2.25 bits per heavy atom. The van der Waals surface area contributed by atoms with Crippen molar-refractivity contribution in [2.24, 2.45) is 0 Å². The number of hydrogen-bond acceptors (Lipinski definition) is 2. The van der Waals surface area contributed by atoms with Crippen molar-refractivity contribution < 1.29 is 15.0 Å². The second-order valence-electron chi connectivity index (χ2n) is 3.93. The largest absolute Gasteiger partial charge is 0.465 e. The van der Waals surface area contributed by atoms with Crippen LogP contribution in [-0.4, -0.2) is 29.5 Å². The number of rotatable bonds is 3. The summed E-state index contributed by atoms with van der Waals surface area (Å²) in [6, 6.07) is 5.74. The van der Waals surface area contributed by atoms with Crippen LogP contribution < -0.4 is 4.90 Å². The molecule has 0 bridgehead atoms. The summed E-state index contributed by atoms with van der Waals surface area (Å²) in [7, 11) is 0. The minimum absolute atomic E-state index is 0.173. The zero-order valence-electron chi connectivity index (χ0n) is 9.02. The Kier molecular flexibility index (Phi) is 3.10. The fourth-order valence-corrected chi connectivity index (χ4v) is 2.21. The Labute approximate surface area is 94.1 Å². The molecule has 0 saturated carbocycles. The maximum Gasteiger partial charge on any atom is 0.411 e. The molecule has 2 N–H and O–H groups in total. The van der Waals surface area contributed by atoms with E-state index in [4.69, 9.17) is 10.2 Å². The molecule has 1 aliphatic rings. The van der Waals surface area contributed by atoms with Crippen LogP contribution in [0, 0.1) is 0 Å². The van der Waals surface area contributed by atoms with Gasteiger partial charge in [0.25, 0.3) is 0 Å². The number of amides is 1. The number of anilines is 1. The maximum atomic E-state index is 11.0. The van der Waals surface area contributed by atoms with Crippen LogP contribution in [0.4, 0.5) is 10.5 Å². The van der Waals surface area contributed by atoms with Crippen LogP contribution in [0.5, 0.6) is 0 Å². The predicted molar refractivity (Wildman–Crippen MR) is 60.9 cm³/mol. The second kappa shape index (κ2) is 4.53. The molecule has 1 amide bonds. The Morgan fingerprint density at radius 3 is 2.94 bits per heavy atom. The van der Waals surface area contributed by atoms with Gasteiger partial charge in [0.15, 0.2) is 0 Å². The summed E-state index contributed by atoms with van der Waals surface area (Å²) >= 11 is 0. The van der Waals surface area contributed by atoms with Gasteiger partial charge >= 0.3 is 6.09 Å². The molecule has 0 spiro atoms. The highest BCUT2D eigenvalue weighted by molar-refractivity contribution is 5.89. The van der Waals surface area contributed by atoms with Crippen LogP contribution in [0.15, 0.2) is 18.2 Å². The maximum absolute atomic E-state index is 11.0. The third-order valence-electron chi connectivity index (χ3n) is 2.96. The van der Waals surface area contributed by atoms with E-state index in [2.05, 4.69) is 0 Å². The van der Waals surface area contributed by atoms with Gasteiger partial charge in [-0.2, -0.15) is 0 Å². The molecule has 2 rings (SSSR count). The van der Waals surface area contributed by atoms with E-state index in [1.54, 1.807) is 0 Å². The summed E-state index contributed by atoms with van der Waals surface area (Å²) in [6.07, 6.45) is 1.43. The fourth-order valence-electron chi connectivity index (χ4n) is 2.21. The van der Waals surface area contributed by atoms with E-state index in [1.807, 2.05) is 18.2 Å². The lowest BCUT2D eigenvalue weighted by molar-refractivity contribution is 0.202. The molecule has 4 nitrogen and oxygen atoms in total. The fraction of sp³-hybridized carbons (Fsp3) is 0.417. The number of benzene rings is 1. The number of hydrogen-bond donors (Lipinski definition) is 2. The molecular weight excluding hydrogens is 206 g/mol. The van der Waals surface area contributed by atoms with Gasteiger partial charge in [0.05, 0.1) is 5.69 Å². The van der Waals surface area contributed by atoms with Crippen LogP contribution in [0.2, 0.25) is 0 Å². The number of carbonyl (C=O) groups is 1. The minimum Gasteiger partial charge on any atom is -0.465 e. The number of aryl methyl sites for hydroxylation is 1. The number of carboxylic acid groups (broad SMARTS) is 1. The predicted octanol–water partition coefficient (Wildman–Crippen LogP) is 1.65. The standard InChI is InChI=1S/C12H15NO3/c14-8-2-4-9-3-1-5-11-10(9)6-7-13(11)12(15)16/h1,3,5,14H,2,4,6-8H2,(H,15,16). The van der Waals surface area contributed by atoms with Crippen LogP contribution in [0.3, 0.4) is 0 Å². The zero-order valence-corrected chi connectivity index (χ0v) is 9.02. The lowest BCUT2D eigenvalue weighted by Gasteiger charge is -2.13. The quantitative estimate of drug-likeness (QED) is 0.815. The van der Waals surface area contributed by atoms with Crippen molar-refractivity contribution in [3.05, 3.63) is 29.3 Å². The van der Waals surface area contributed by atoms with Crippen molar-refractivity contribution >= 4 is 11.8 Å². The summed E-state index contributed by atoms with van der Waals surface area (Å²) in [4.78, 5) is 12.4. The molecule has 86 valence electrons. The van der Waals surface area contributed by atoms with Crippen LogP contribution in [-0.2, 0) is 12.8 Å². The molecule has 0 radical (unpaired) electrons. The highest BCUT2D eigenvalue weighted by Crippen LogP contribution is 2.31. The summed E-state index contributed by atoms with van der Waals surface area (Å²) in [5.41, 5.74) is 3.09. The van der Waals surface area contributed by atoms with Gasteiger partial charge < -0.3 is 10.2 Å². The average molecular weight is 221 g/mol. The van der Waals surface area contributed by atoms with Crippen LogP contribution in [0.1, 0.15) is 17.5 Å². The summed E-state index contributed by atoms with van der Waals surface area (Å²) in [5, 5.41) is 17.8. The van der Waals surface area contributed by atoms with Gasteiger partial charge in [0.1, 0.15) is 0 Å². The number of aliphatic hydroxyl groups excluding tert-OH is 1. The number of aliphatic hydroxyl groups is 1. The first-order chi connectivity index (χ1) is 7.74. The van der Waals surface area contributed by atoms with Crippen molar-refractivity contribution in [2.75, 3.05) is 18.1 Å². The highest BCUT2D eigenvalue weighted by Gasteiger charge is 2.25. The molecule has 0 fully saturated rings. The van der Waals surface area contributed by atoms with E-state index < -0.39 is 6.09 Å². The smallest absolute Gasteiger partial charge is 0.411 e. The summed E-state index contributed by atoms with van der Waals surface area (Å²) in [6.45, 7) is 0.715. The molecule has 4 heteroatoms. The summed E-state index contributed by atoms with van der Waals surface area (Å²) < 4.78 is 0. The first-order valence-corrected chi connectivity index (χ1v) is 5.46.